The third kappa shape index (κ3) is 2.52. The Bertz CT molecular complexity index is 397. The van der Waals surface area contributed by atoms with Crippen LogP contribution in [0.2, 0.25) is 0 Å². The molecule has 0 aromatic carbocycles. The van der Waals surface area contributed by atoms with Crippen molar-refractivity contribution < 1.29 is 4.79 Å². The predicted octanol–water partition coefficient (Wildman–Crippen LogP) is 1.55. The number of nitrogens with two attached hydrogens (primary N) is 1. The number of piperidine rings is 1. The molecule has 0 radical (unpaired) electrons. The highest BCUT2D eigenvalue weighted by Gasteiger charge is 2.24. The van der Waals surface area contributed by atoms with Gasteiger partial charge in [-0.2, -0.15) is 0 Å². The molecule has 1 aromatic heterocycles. The summed E-state index contributed by atoms with van der Waals surface area (Å²) in [5.41, 5.74) is 6.39. The molecule has 16 heavy (non-hydrogen) atoms. The Morgan fingerprint density at radius 3 is 3.06 bits per heavy atom. The van der Waals surface area contributed by atoms with Crippen molar-refractivity contribution in [2.75, 3.05) is 18.0 Å². The number of hydrogen-bond acceptors (Lipinski definition) is 3. The maximum Gasteiger partial charge on any atom is 0.222 e. The molecule has 0 saturated carbocycles. The van der Waals surface area contributed by atoms with Crippen molar-refractivity contribution in [1.82, 2.24) is 4.98 Å². The first-order chi connectivity index (χ1) is 7.66. The van der Waals surface area contributed by atoms with Crippen molar-refractivity contribution in [1.29, 1.82) is 0 Å². The molecule has 1 amide bonds. The number of rotatable bonds is 2. The molecular weight excluding hydrogens is 270 g/mol. The Labute approximate surface area is 103 Å². The molecule has 1 saturated heterocycles. The number of carbonyl (C=O) groups excluding carboxylic acids is 1. The van der Waals surface area contributed by atoms with Crippen LogP contribution in [-0.2, 0) is 4.79 Å². The topological polar surface area (TPSA) is 59.2 Å². The van der Waals surface area contributed by atoms with Gasteiger partial charge in [0.1, 0.15) is 0 Å². The second kappa shape index (κ2) is 4.82. The molecule has 0 aliphatic carbocycles. The summed E-state index contributed by atoms with van der Waals surface area (Å²) < 4.78 is 0.950. The molecule has 1 fully saturated rings. The zero-order chi connectivity index (χ0) is 11.5. The Morgan fingerprint density at radius 1 is 1.56 bits per heavy atom. The molecule has 0 bridgehead atoms. The van der Waals surface area contributed by atoms with Gasteiger partial charge in [0.2, 0.25) is 5.91 Å². The standard InChI is InChI=1S/C11H14BrN3O/c12-9-4-10(6-14-5-9)15-3-1-2-8(7-15)11(13)16/h4-6,8H,1-3,7H2,(H2,13,16). The van der Waals surface area contributed by atoms with Gasteiger partial charge in [-0.3, -0.25) is 9.78 Å². The fourth-order valence-electron chi connectivity index (χ4n) is 2.02. The van der Waals surface area contributed by atoms with Crippen molar-refractivity contribution >= 4 is 27.5 Å². The van der Waals surface area contributed by atoms with Crippen molar-refractivity contribution in [3.8, 4) is 0 Å². The van der Waals surface area contributed by atoms with Crippen LogP contribution in [-0.4, -0.2) is 24.0 Å². The summed E-state index contributed by atoms with van der Waals surface area (Å²) in [6.45, 7) is 1.66. The van der Waals surface area contributed by atoms with Crippen molar-refractivity contribution in [2.24, 2.45) is 11.7 Å². The molecule has 2 rings (SSSR count). The molecule has 2 heterocycles. The highest BCUT2D eigenvalue weighted by Crippen LogP contribution is 2.24. The van der Waals surface area contributed by atoms with E-state index in [0.717, 1.165) is 29.5 Å². The summed E-state index contributed by atoms with van der Waals surface area (Å²) in [4.78, 5) is 17.5. The van der Waals surface area contributed by atoms with Gasteiger partial charge in [0.25, 0.3) is 0 Å². The van der Waals surface area contributed by atoms with Crippen molar-refractivity contribution in [3.63, 3.8) is 0 Å². The molecule has 4 nitrogen and oxygen atoms in total. The van der Waals surface area contributed by atoms with Crippen LogP contribution in [0.1, 0.15) is 12.8 Å². The lowest BCUT2D eigenvalue weighted by Gasteiger charge is -2.32. The Morgan fingerprint density at radius 2 is 2.38 bits per heavy atom. The normalized spacial score (nSPS) is 20.8. The third-order valence-corrected chi connectivity index (χ3v) is 3.31. The number of amides is 1. The largest absolute Gasteiger partial charge is 0.369 e. The van der Waals surface area contributed by atoms with Crippen LogP contribution in [0.3, 0.4) is 0 Å². The molecule has 0 spiro atoms. The van der Waals surface area contributed by atoms with E-state index in [-0.39, 0.29) is 11.8 Å². The van der Waals surface area contributed by atoms with E-state index in [9.17, 15) is 4.79 Å². The fourth-order valence-corrected chi connectivity index (χ4v) is 2.37. The molecule has 1 unspecified atom stereocenters. The van der Waals surface area contributed by atoms with E-state index < -0.39 is 0 Å². The zero-order valence-corrected chi connectivity index (χ0v) is 10.5. The monoisotopic (exact) mass is 283 g/mol. The van der Waals surface area contributed by atoms with Crippen LogP contribution < -0.4 is 10.6 Å². The van der Waals surface area contributed by atoms with E-state index >= 15 is 0 Å². The van der Waals surface area contributed by atoms with E-state index in [1.807, 2.05) is 12.3 Å². The first-order valence-corrected chi connectivity index (χ1v) is 6.11. The molecule has 1 aliphatic heterocycles. The number of hydrogen-bond donors (Lipinski definition) is 1. The van der Waals surface area contributed by atoms with Gasteiger partial charge >= 0.3 is 0 Å². The number of halogens is 1. The minimum Gasteiger partial charge on any atom is -0.369 e. The first-order valence-electron chi connectivity index (χ1n) is 5.31. The Balaban J connectivity index is 2.12. The highest BCUT2D eigenvalue weighted by molar-refractivity contribution is 9.10. The van der Waals surface area contributed by atoms with Gasteiger partial charge in [-0.05, 0) is 34.8 Å². The second-order valence-corrected chi connectivity index (χ2v) is 4.96. The van der Waals surface area contributed by atoms with E-state index in [2.05, 4.69) is 25.8 Å². The molecule has 1 aliphatic rings. The molecular formula is C11H14BrN3O. The maximum absolute atomic E-state index is 11.2. The van der Waals surface area contributed by atoms with Crippen LogP contribution in [0.5, 0.6) is 0 Å². The van der Waals surface area contributed by atoms with Crippen LogP contribution in [0.15, 0.2) is 22.9 Å². The third-order valence-electron chi connectivity index (χ3n) is 2.88. The van der Waals surface area contributed by atoms with Crippen LogP contribution in [0.4, 0.5) is 5.69 Å². The second-order valence-electron chi connectivity index (χ2n) is 4.05. The number of primary amides is 1. The summed E-state index contributed by atoms with van der Waals surface area (Å²) >= 11 is 3.39. The summed E-state index contributed by atoms with van der Waals surface area (Å²) in [5, 5.41) is 0. The van der Waals surface area contributed by atoms with Crippen LogP contribution in [0, 0.1) is 5.92 Å². The van der Waals surface area contributed by atoms with Crippen molar-refractivity contribution in [2.45, 2.75) is 12.8 Å². The number of pyridine rings is 1. The lowest BCUT2D eigenvalue weighted by molar-refractivity contribution is -0.122. The minimum atomic E-state index is -0.201. The van der Waals surface area contributed by atoms with Crippen LogP contribution in [0.25, 0.3) is 0 Å². The van der Waals surface area contributed by atoms with Gasteiger partial charge in [0.15, 0.2) is 0 Å². The first kappa shape index (κ1) is 11.4. The number of aromatic nitrogens is 1. The van der Waals surface area contributed by atoms with Gasteiger partial charge in [-0.15, -0.1) is 0 Å². The maximum atomic E-state index is 11.2. The van der Waals surface area contributed by atoms with E-state index in [1.54, 1.807) is 6.20 Å². The lowest BCUT2D eigenvalue weighted by Crippen LogP contribution is -2.41. The Kier molecular flexibility index (Phi) is 3.43. The summed E-state index contributed by atoms with van der Waals surface area (Å²) in [6.07, 6.45) is 5.46. The number of nitrogens with zero attached hydrogens (tertiary/aromatic N) is 2. The summed E-state index contributed by atoms with van der Waals surface area (Å²) in [7, 11) is 0. The minimum absolute atomic E-state index is 0.0345. The van der Waals surface area contributed by atoms with Gasteiger partial charge in [-0.1, -0.05) is 0 Å². The quantitative estimate of drug-likeness (QED) is 0.896. The van der Waals surface area contributed by atoms with E-state index in [0.29, 0.717) is 6.54 Å². The molecule has 5 heteroatoms. The summed E-state index contributed by atoms with van der Waals surface area (Å²) in [5.74, 6) is -0.236. The SMILES string of the molecule is NC(=O)C1CCCN(c2cncc(Br)c2)C1. The molecule has 1 atom stereocenters. The molecule has 86 valence electrons. The predicted molar refractivity (Wildman–Crippen MR) is 66.1 cm³/mol. The highest BCUT2D eigenvalue weighted by atomic mass is 79.9. The van der Waals surface area contributed by atoms with Gasteiger partial charge in [0, 0.05) is 23.8 Å². The number of anilines is 1. The lowest BCUT2D eigenvalue weighted by atomic mass is 9.97. The average molecular weight is 284 g/mol. The fraction of sp³-hybridized carbons (Fsp3) is 0.455. The number of carbonyl (C=O) groups is 1. The average Bonchev–Trinajstić information content (AvgIpc) is 2.29. The summed E-state index contributed by atoms with van der Waals surface area (Å²) in [6, 6.07) is 2.01. The van der Waals surface area contributed by atoms with E-state index in [4.69, 9.17) is 5.73 Å². The zero-order valence-electron chi connectivity index (χ0n) is 8.90. The van der Waals surface area contributed by atoms with Gasteiger partial charge in [0.05, 0.1) is 17.8 Å². The van der Waals surface area contributed by atoms with Crippen LogP contribution >= 0.6 is 15.9 Å². The molecule has 1 aromatic rings. The molecule has 2 N–H and O–H groups in total. The van der Waals surface area contributed by atoms with Gasteiger partial charge in [-0.25, -0.2) is 0 Å². The smallest absolute Gasteiger partial charge is 0.222 e. The van der Waals surface area contributed by atoms with Gasteiger partial charge < -0.3 is 10.6 Å². The Hall–Kier alpha value is -1.10. The van der Waals surface area contributed by atoms with E-state index in [1.165, 1.54) is 0 Å². The van der Waals surface area contributed by atoms with Crippen molar-refractivity contribution in [3.05, 3.63) is 22.9 Å².